The van der Waals surface area contributed by atoms with Crippen LogP contribution < -0.4 is 0 Å². The van der Waals surface area contributed by atoms with E-state index < -0.39 is 6.10 Å². The van der Waals surface area contributed by atoms with Gasteiger partial charge in [0.2, 0.25) is 0 Å². The van der Waals surface area contributed by atoms with Crippen molar-refractivity contribution in [3.05, 3.63) is 109 Å². The molecule has 0 aromatic heterocycles. The second kappa shape index (κ2) is 52.7. The summed E-state index contributed by atoms with van der Waals surface area (Å²) in [6.45, 7) is 6.40. The van der Waals surface area contributed by atoms with Crippen molar-refractivity contribution in [1.29, 1.82) is 0 Å². The second-order valence-corrected chi connectivity index (χ2v) is 17.0. The van der Waals surface area contributed by atoms with Crippen LogP contribution in [0, 0.1) is 0 Å². The zero-order chi connectivity index (χ0) is 47.2. The molecule has 6 heteroatoms. The molecule has 0 rings (SSSR count). The van der Waals surface area contributed by atoms with Crippen molar-refractivity contribution in [2.45, 2.75) is 232 Å². The van der Waals surface area contributed by atoms with Gasteiger partial charge < -0.3 is 14.2 Å². The maximum atomic E-state index is 12.8. The minimum atomic E-state index is -0.817. The molecule has 0 heterocycles. The molecule has 0 spiro atoms. The fourth-order valence-electron chi connectivity index (χ4n) is 6.76. The summed E-state index contributed by atoms with van der Waals surface area (Å²) in [7, 11) is 0. The molecule has 0 saturated carbocycles. The monoisotopic (exact) mass is 901 g/mol. The number of allylic oxidation sites excluding steroid dienone is 18. The van der Waals surface area contributed by atoms with Crippen LogP contribution in [0.15, 0.2) is 109 Å². The number of ether oxygens (including phenoxy) is 3. The van der Waals surface area contributed by atoms with Gasteiger partial charge in [-0.3, -0.25) is 14.4 Å². The summed E-state index contributed by atoms with van der Waals surface area (Å²) in [6, 6.07) is 0. The van der Waals surface area contributed by atoms with Gasteiger partial charge in [-0.1, -0.05) is 188 Å². The van der Waals surface area contributed by atoms with Crippen LogP contribution in [0.2, 0.25) is 0 Å². The molecular formula is C59H96O6. The largest absolute Gasteiger partial charge is 0.462 e. The number of unbranched alkanes of at least 4 members (excludes halogenated alkanes) is 17. The van der Waals surface area contributed by atoms with Gasteiger partial charge >= 0.3 is 17.9 Å². The number of esters is 3. The van der Waals surface area contributed by atoms with Crippen molar-refractivity contribution in [3.63, 3.8) is 0 Å². The van der Waals surface area contributed by atoms with Crippen molar-refractivity contribution in [2.24, 2.45) is 0 Å². The van der Waals surface area contributed by atoms with Crippen LogP contribution in [0.3, 0.4) is 0 Å². The van der Waals surface area contributed by atoms with Crippen LogP contribution in [-0.4, -0.2) is 37.2 Å². The van der Waals surface area contributed by atoms with Crippen LogP contribution in [-0.2, 0) is 28.6 Å². The second-order valence-electron chi connectivity index (χ2n) is 17.0. The number of carbonyl (C=O) groups excluding carboxylic acids is 3. The van der Waals surface area contributed by atoms with Crippen molar-refractivity contribution in [1.82, 2.24) is 0 Å². The molecule has 0 fully saturated rings. The molecule has 0 saturated heterocycles. The zero-order valence-electron chi connectivity index (χ0n) is 42.0. The zero-order valence-corrected chi connectivity index (χ0v) is 42.0. The summed E-state index contributed by atoms with van der Waals surface area (Å²) >= 11 is 0. The first-order valence-corrected chi connectivity index (χ1v) is 26.4. The Morgan fingerprint density at radius 1 is 0.323 bits per heavy atom. The maximum absolute atomic E-state index is 12.8. The maximum Gasteiger partial charge on any atom is 0.306 e. The molecule has 0 bridgehead atoms. The average Bonchev–Trinajstić information content (AvgIpc) is 3.30. The lowest BCUT2D eigenvalue weighted by Gasteiger charge is -2.18. The first-order chi connectivity index (χ1) is 32.0. The molecule has 1 atom stereocenters. The predicted molar refractivity (Wildman–Crippen MR) is 279 cm³/mol. The lowest BCUT2D eigenvalue weighted by atomic mass is 10.1. The van der Waals surface area contributed by atoms with E-state index in [0.29, 0.717) is 25.7 Å². The van der Waals surface area contributed by atoms with Crippen LogP contribution in [0.25, 0.3) is 0 Å². The predicted octanol–water partition coefficient (Wildman–Crippen LogP) is 17.5. The highest BCUT2D eigenvalue weighted by Gasteiger charge is 2.19. The Bertz CT molecular complexity index is 1360. The van der Waals surface area contributed by atoms with E-state index in [9.17, 15) is 14.4 Å². The van der Waals surface area contributed by atoms with Gasteiger partial charge in [-0.05, 0) is 128 Å². The van der Waals surface area contributed by atoms with Crippen molar-refractivity contribution >= 4 is 17.9 Å². The molecule has 65 heavy (non-hydrogen) atoms. The lowest BCUT2D eigenvalue weighted by molar-refractivity contribution is -0.167. The number of hydrogen-bond acceptors (Lipinski definition) is 6. The molecule has 0 radical (unpaired) electrons. The summed E-state index contributed by atoms with van der Waals surface area (Å²) < 4.78 is 16.7. The van der Waals surface area contributed by atoms with Crippen molar-refractivity contribution in [3.8, 4) is 0 Å². The lowest BCUT2D eigenvalue weighted by Crippen LogP contribution is -2.30. The van der Waals surface area contributed by atoms with E-state index in [2.05, 4.69) is 130 Å². The van der Waals surface area contributed by atoms with E-state index >= 15 is 0 Å². The molecule has 0 aliphatic heterocycles. The summed E-state index contributed by atoms with van der Waals surface area (Å²) in [5, 5.41) is 0. The SMILES string of the molecule is CC/C=C\C/C=C\C/C=C\C/C=C\CCCCC(=O)OC[C@H](COC(=O)CCCCCCC/C=C\CCCCCC)OC(=O)CCCCC/C=C\C/C=C\C/C=C\C/C=C\CCCCC. The topological polar surface area (TPSA) is 78.9 Å². The third-order valence-electron chi connectivity index (χ3n) is 10.7. The average molecular weight is 901 g/mol. The standard InChI is InChI=1S/C59H96O6/c1-4-7-10-13-16-19-22-25-27-28-29-30-32-35-38-41-44-47-50-53-59(62)65-56(54-63-57(60)51-48-45-42-39-36-33-24-21-18-15-12-9-6-3)55-64-58(61)52-49-46-43-40-37-34-31-26-23-20-17-14-11-8-5-2/h8,11,16-17,19-21,24-27,29-31,35,37-38,40,56H,4-7,9-10,12-15,18,22-23,28,32-34,36,39,41-55H2,1-3H3/b11-8-,19-16-,20-17-,24-21-,27-25-,30-29-,31-26-,38-35-,40-37-/t56-/m0/s1. The third-order valence-corrected chi connectivity index (χ3v) is 10.7. The highest BCUT2D eigenvalue weighted by atomic mass is 16.6. The van der Waals surface area contributed by atoms with E-state index in [1.807, 2.05) is 0 Å². The van der Waals surface area contributed by atoms with Crippen LogP contribution in [0.1, 0.15) is 226 Å². The number of rotatable bonds is 46. The first-order valence-electron chi connectivity index (χ1n) is 26.4. The van der Waals surface area contributed by atoms with Crippen LogP contribution in [0.5, 0.6) is 0 Å². The fourth-order valence-corrected chi connectivity index (χ4v) is 6.76. The van der Waals surface area contributed by atoms with Crippen molar-refractivity contribution in [2.75, 3.05) is 13.2 Å². The molecule has 0 aliphatic rings. The molecule has 0 aromatic carbocycles. The van der Waals surface area contributed by atoms with Gasteiger partial charge in [-0.15, -0.1) is 0 Å². The minimum Gasteiger partial charge on any atom is -0.462 e. The quantitative estimate of drug-likeness (QED) is 0.0262. The summed E-state index contributed by atoms with van der Waals surface area (Å²) in [5.41, 5.74) is 0. The Labute approximate surface area is 400 Å². The first kappa shape index (κ1) is 61.1. The van der Waals surface area contributed by atoms with Gasteiger partial charge in [-0.25, -0.2) is 0 Å². The molecular weight excluding hydrogens is 805 g/mol. The van der Waals surface area contributed by atoms with Gasteiger partial charge in [0.1, 0.15) is 13.2 Å². The molecule has 0 aromatic rings. The van der Waals surface area contributed by atoms with E-state index in [1.165, 1.54) is 64.2 Å². The molecule has 0 unspecified atom stereocenters. The van der Waals surface area contributed by atoms with Gasteiger partial charge in [0.15, 0.2) is 6.10 Å². The molecule has 368 valence electrons. The normalized spacial score (nSPS) is 13.0. The van der Waals surface area contributed by atoms with Crippen LogP contribution in [0.4, 0.5) is 0 Å². The number of hydrogen-bond donors (Lipinski definition) is 0. The minimum absolute atomic E-state index is 0.111. The summed E-state index contributed by atoms with van der Waals surface area (Å²) in [6.07, 6.45) is 70.7. The van der Waals surface area contributed by atoms with Gasteiger partial charge in [0.25, 0.3) is 0 Å². The molecule has 0 N–H and O–H groups in total. The Morgan fingerprint density at radius 2 is 0.600 bits per heavy atom. The van der Waals surface area contributed by atoms with Crippen molar-refractivity contribution < 1.29 is 28.6 Å². The van der Waals surface area contributed by atoms with E-state index in [1.54, 1.807) is 0 Å². The van der Waals surface area contributed by atoms with Crippen LogP contribution >= 0.6 is 0 Å². The fraction of sp³-hybridized carbons (Fsp3) is 0.644. The summed E-state index contributed by atoms with van der Waals surface area (Å²) in [5.74, 6) is -0.998. The molecule has 6 nitrogen and oxygen atoms in total. The van der Waals surface area contributed by atoms with Gasteiger partial charge in [0, 0.05) is 19.3 Å². The highest BCUT2D eigenvalue weighted by Crippen LogP contribution is 2.12. The Kier molecular flexibility index (Phi) is 49.5. The van der Waals surface area contributed by atoms with E-state index in [0.717, 1.165) is 109 Å². The number of carbonyl (C=O) groups is 3. The Morgan fingerprint density at radius 3 is 1.03 bits per heavy atom. The van der Waals surface area contributed by atoms with Gasteiger partial charge in [-0.2, -0.15) is 0 Å². The van der Waals surface area contributed by atoms with E-state index in [-0.39, 0.29) is 37.5 Å². The Hall–Kier alpha value is -3.93. The smallest absolute Gasteiger partial charge is 0.306 e. The highest BCUT2D eigenvalue weighted by molar-refractivity contribution is 5.71. The Balaban J connectivity index is 4.54. The van der Waals surface area contributed by atoms with Gasteiger partial charge in [0.05, 0.1) is 0 Å². The molecule has 0 aliphatic carbocycles. The van der Waals surface area contributed by atoms with E-state index in [4.69, 9.17) is 14.2 Å². The third kappa shape index (κ3) is 50.9. The molecule has 0 amide bonds. The summed E-state index contributed by atoms with van der Waals surface area (Å²) in [4.78, 5) is 38.0.